The Bertz CT molecular complexity index is 533. The van der Waals surface area contributed by atoms with E-state index in [1.807, 2.05) is 24.8 Å². The number of thioether (sulfide) groups is 1. The standard InChI is InChI=1S/C16H24N4OS.ClH/c1-12-9-13(2)19-15(18-12)22-10-14(21)20-7-4-16(5-8-20)3-6-17-11-16;/h9,17H,3-8,10-11H2,1-2H3;1H. The van der Waals surface area contributed by atoms with Crippen LogP contribution in [0.1, 0.15) is 30.7 Å². The predicted molar refractivity (Wildman–Crippen MR) is 95.2 cm³/mol. The third kappa shape index (κ3) is 4.58. The van der Waals surface area contributed by atoms with Crippen molar-refractivity contribution in [3.8, 4) is 0 Å². The molecule has 1 aromatic rings. The fraction of sp³-hybridized carbons (Fsp3) is 0.688. The number of aryl methyl sites for hydroxylation is 2. The van der Waals surface area contributed by atoms with Gasteiger partial charge in [0.15, 0.2) is 5.16 Å². The quantitative estimate of drug-likeness (QED) is 0.664. The van der Waals surface area contributed by atoms with Gasteiger partial charge in [-0.05, 0) is 51.1 Å². The molecule has 7 heteroatoms. The minimum Gasteiger partial charge on any atom is -0.342 e. The molecule has 1 amide bonds. The lowest BCUT2D eigenvalue weighted by atomic mass is 9.78. The van der Waals surface area contributed by atoms with Crippen LogP contribution in [0.25, 0.3) is 0 Å². The van der Waals surface area contributed by atoms with Crippen LogP contribution >= 0.6 is 24.2 Å². The van der Waals surface area contributed by atoms with Crippen molar-refractivity contribution >= 4 is 30.1 Å². The van der Waals surface area contributed by atoms with Crippen molar-refractivity contribution in [1.82, 2.24) is 20.2 Å². The molecule has 2 saturated heterocycles. The summed E-state index contributed by atoms with van der Waals surface area (Å²) in [5.41, 5.74) is 2.37. The molecule has 0 unspecified atom stereocenters. The van der Waals surface area contributed by atoms with Gasteiger partial charge in [-0.3, -0.25) is 4.79 Å². The summed E-state index contributed by atoms with van der Waals surface area (Å²) in [6, 6.07) is 1.95. The summed E-state index contributed by atoms with van der Waals surface area (Å²) >= 11 is 1.45. The first-order valence-corrected chi connectivity index (χ1v) is 8.99. The number of carbonyl (C=O) groups excluding carboxylic acids is 1. The number of nitrogens with zero attached hydrogens (tertiary/aromatic N) is 3. The maximum absolute atomic E-state index is 12.4. The van der Waals surface area contributed by atoms with Crippen molar-refractivity contribution in [2.75, 3.05) is 31.9 Å². The number of rotatable bonds is 3. The second-order valence-corrected chi connectivity index (χ2v) is 7.47. The smallest absolute Gasteiger partial charge is 0.233 e. The molecular formula is C16H25ClN4OS. The molecule has 0 atom stereocenters. The lowest BCUT2D eigenvalue weighted by Crippen LogP contribution is -2.44. The molecule has 0 aromatic carbocycles. The fourth-order valence-electron chi connectivity index (χ4n) is 3.43. The van der Waals surface area contributed by atoms with E-state index in [1.165, 1.54) is 18.2 Å². The normalized spacial score (nSPS) is 19.7. The summed E-state index contributed by atoms with van der Waals surface area (Å²) in [4.78, 5) is 23.2. The Hall–Kier alpha value is -0.850. The molecule has 0 saturated carbocycles. The first kappa shape index (κ1) is 18.5. The van der Waals surface area contributed by atoms with Gasteiger partial charge in [0, 0.05) is 31.0 Å². The molecule has 0 bridgehead atoms. The van der Waals surface area contributed by atoms with Crippen LogP contribution in [0.5, 0.6) is 0 Å². The van der Waals surface area contributed by atoms with Crippen molar-refractivity contribution in [3.63, 3.8) is 0 Å². The molecule has 2 aliphatic rings. The highest BCUT2D eigenvalue weighted by Crippen LogP contribution is 2.37. The zero-order valence-electron chi connectivity index (χ0n) is 13.8. The van der Waals surface area contributed by atoms with Crippen LogP contribution < -0.4 is 5.32 Å². The molecule has 23 heavy (non-hydrogen) atoms. The molecule has 3 rings (SSSR count). The zero-order chi connectivity index (χ0) is 15.6. The molecule has 3 heterocycles. The predicted octanol–water partition coefficient (Wildman–Crippen LogP) is 2.21. The summed E-state index contributed by atoms with van der Waals surface area (Å²) < 4.78 is 0. The fourth-order valence-corrected chi connectivity index (χ4v) is 4.28. The largest absolute Gasteiger partial charge is 0.342 e. The van der Waals surface area contributed by atoms with Crippen LogP contribution in [0.3, 0.4) is 0 Å². The van der Waals surface area contributed by atoms with Gasteiger partial charge in [-0.2, -0.15) is 0 Å². The van der Waals surface area contributed by atoms with Gasteiger partial charge in [0.05, 0.1) is 5.75 Å². The van der Waals surface area contributed by atoms with Crippen LogP contribution in [0.4, 0.5) is 0 Å². The molecule has 1 N–H and O–H groups in total. The first-order chi connectivity index (χ1) is 10.6. The molecule has 1 aromatic heterocycles. The van der Waals surface area contributed by atoms with Crippen molar-refractivity contribution in [1.29, 1.82) is 0 Å². The van der Waals surface area contributed by atoms with Crippen LogP contribution in [0, 0.1) is 19.3 Å². The molecule has 2 fully saturated rings. The second kappa shape index (κ2) is 7.81. The van der Waals surface area contributed by atoms with Crippen LogP contribution in [0.2, 0.25) is 0 Å². The van der Waals surface area contributed by atoms with Crippen LogP contribution in [-0.2, 0) is 4.79 Å². The number of nitrogens with one attached hydrogen (secondary N) is 1. The van der Waals surface area contributed by atoms with Crippen molar-refractivity contribution in [2.45, 2.75) is 38.3 Å². The Kier molecular flexibility index (Phi) is 6.28. The van der Waals surface area contributed by atoms with E-state index in [2.05, 4.69) is 15.3 Å². The van der Waals surface area contributed by atoms with Crippen molar-refractivity contribution in [3.05, 3.63) is 17.5 Å². The minimum atomic E-state index is 0. The highest BCUT2D eigenvalue weighted by molar-refractivity contribution is 7.99. The number of likely N-dealkylation sites (tertiary alicyclic amines) is 1. The van der Waals surface area contributed by atoms with Gasteiger partial charge in [-0.15, -0.1) is 12.4 Å². The first-order valence-electron chi connectivity index (χ1n) is 8.00. The van der Waals surface area contributed by atoms with Gasteiger partial charge >= 0.3 is 0 Å². The van der Waals surface area contributed by atoms with E-state index < -0.39 is 0 Å². The maximum Gasteiger partial charge on any atom is 0.233 e. The second-order valence-electron chi connectivity index (χ2n) is 6.53. The van der Waals surface area contributed by atoms with Crippen molar-refractivity contribution in [2.24, 2.45) is 5.41 Å². The number of amides is 1. The van der Waals surface area contributed by atoms with E-state index in [1.54, 1.807) is 0 Å². The highest BCUT2D eigenvalue weighted by atomic mass is 35.5. The van der Waals surface area contributed by atoms with E-state index in [9.17, 15) is 4.79 Å². The SMILES string of the molecule is Cc1cc(C)nc(SCC(=O)N2CCC3(CCNC3)CC2)n1.Cl. The number of carbonyl (C=O) groups is 1. The Morgan fingerprint density at radius 2 is 1.91 bits per heavy atom. The Balaban J connectivity index is 0.00000192. The average Bonchev–Trinajstić information content (AvgIpc) is 2.93. The molecule has 0 aliphatic carbocycles. The topological polar surface area (TPSA) is 58.1 Å². The number of piperidine rings is 1. The van der Waals surface area contributed by atoms with E-state index in [-0.39, 0.29) is 18.3 Å². The van der Waals surface area contributed by atoms with Gasteiger partial charge in [0.1, 0.15) is 0 Å². The number of aromatic nitrogens is 2. The summed E-state index contributed by atoms with van der Waals surface area (Å²) in [7, 11) is 0. The minimum absolute atomic E-state index is 0. The van der Waals surface area contributed by atoms with Crippen LogP contribution in [-0.4, -0.2) is 52.7 Å². The Morgan fingerprint density at radius 1 is 1.26 bits per heavy atom. The highest BCUT2D eigenvalue weighted by Gasteiger charge is 2.37. The van der Waals surface area contributed by atoms with E-state index in [0.717, 1.165) is 50.4 Å². The number of halogens is 1. The summed E-state index contributed by atoms with van der Waals surface area (Å²) in [5.74, 6) is 0.655. The molecule has 2 aliphatic heterocycles. The van der Waals surface area contributed by atoms with Crippen molar-refractivity contribution < 1.29 is 4.79 Å². The van der Waals surface area contributed by atoms with Gasteiger partial charge in [-0.25, -0.2) is 9.97 Å². The Morgan fingerprint density at radius 3 is 2.48 bits per heavy atom. The van der Waals surface area contributed by atoms with E-state index in [0.29, 0.717) is 16.3 Å². The Labute approximate surface area is 148 Å². The van der Waals surface area contributed by atoms with Crippen LogP contribution in [0.15, 0.2) is 11.2 Å². The molecule has 0 radical (unpaired) electrons. The third-order valence-electron chi connectivity index (χ3n) is 4.80. The summed E-state index contributed by atoms with van der Waals surface area (Å²) in [5, 5.41) is 4.17. The number of hydrogen-bond acceptors (Lipinski definition) is 5. The molecule has 5 nitrogen and oxygen atoms in total. The lowest BCUT2D eigenvalue weighted by Gasteiger charge is -2.38. The molecule has 128 valence electrons. The van der Waals surface area contributed by atoms with Gasteiger partial charge in [-0.1, -0.05) is 11.8 Å². The number of hydrogen-bond donors (Lipinski definition) is 1. The third-order valence-corrected chi connectivity index (χ3v) is 5.63. The van der Waals surface area contributed by atoms with E-state index in [4.69, 9.17) is 0 Å². The van der Waals surface area contributed by atoms with E-state index >= 15 is 0 Å². The zero-order valence-corrected chi connectivity index (χ0v) is 15.4. The van der Waals surface area contributed by atoms with Gasteiger partial charge in [0.2, 0.25) is 5.91 Å². The molecular weight excluding hydrogens is 332 g/mol. The van der Waals surface area contributed by atoms with Gasteiger partial charge in [0.25, 0.3) is 0 Å². The monoisotopic (exact) mass is 356 g/mol. The summed E-state index contributed by atoms with van der Waals surface area (Å²) in [6.45, 7) is 7.97. The summed E-state index contributed by atoms with van der Waals surface area (Å²) in [6.07, 6.45) is 3.53. The maximum atomic E-state index is 12.4. The average molecular weight is 357 g/mol. The van der Waals surface area contributed by atoms with Gasteiger partial charge < -0.3 is 10.2 Å². The lowest BCUT2D eigenvalue weighted by molar-refractivity contribution is -0.130. The molecule has 1 spiro atoms.